The average Bonchev–Trinajstić information content (AvgIpc) is 2.90. The van der Waals surface area contributed by atoms with E-state index in [0.29, 0.717) is 34.4 Å². The largest absolute Gasteiger partial charge is 0.481 e. The number of nitrogens with one attached hydrogen (secondary N) is 1. The Morgan fingerprint density at radius 3 is 2.73 bits per heavy atom. The first-order valence-corrected chi connectivity index (χ1v) is 8.90. The minimum atomic E-state index is -0.775. The van der Waals surface area contributed by atoms with Crippen molar-refractivity contribution in [2.24, 2.45) is 5.92 Å². The monoisotopic (exact) mass is 361 g/mol. The van der Waals surface area contributed by atoms with Gasteiger partial charge in [0.1, 0.15) is 0 Å². The van der Waals surface area contributed by atoms with Crippen LogP contribution in [0.4, 0.5) is 0 Å². The molecule has 0 heterocycles. The number of carboxylic acid groups (broad SMARTS) is 1. The fourth-order valence-electron chi connectivity index (χ4n) is 2.50. The van der Waals surface area contributed by atoms with E-state index in [4.69, 9.17) is 28.3 Å². The summed E-state index contributed by atoms with van der Waals surface area (Å²) in [4.78, 5) is 22.8. The van der Waals surface area contributed by atoms with Gasteiger partial charge in [0.05, 0.1) is 11.7 Å². The van der Waals surface area contributed by atoms with Crippen LogP contribution in [0.5, 0.6) is 0 Å². The highest BCUT2D eigenvalue weighted by atomic mass is 35.5. The molecule has 0 aromatic heterocycles. The normalized spacial score (nSPS) is 20.8. The quantitative estimate of drug-likeness (QED) is 0.812. The number of carboxylic acids is 1. The number of thioether (sulfide) groups is 1. The van der Waals surface area contributed by atoms with Crippen LogP contribution in [0.2, 0.25) is 10.0 Å². The molecule has 22 heavy (non-hydrogen) atoms. The molecule has 1 amide bonds. The summed E-state index contributed by atoms with van der Waals surface area (Å²) in [6, 6.07) is 5.29. The standard InChI is InChI=1S/C15H17Cl2NO3S/c16-11-3-1-10(13(17)6-11)7-22-8-14(19)18-12-4-2-9(5-12)15(20)21/h1,3,6,9,12H,2,4-5,7-8H2,(H,18,19)(H,20,21)/t9-,12+/m1/s1. The van der Waals surface area contributed by atoms with Gasteiger partial charge in [-0.05, 0) is 37.0 Å². The lowest BCUT2D eigenvalue weighted by Crippen LogP contribution is -2.34. The van der Waals surface area contributed by atoms with Gasteiger partial charge in [-0.1, -0.05) is 29.3 Å². The summed E-state index contributed by atoms with van der Waals surface area (Å²) in [6.45, 7) is 0. The smallest absolute Gasteiger partial charge is 0.306 e. The highest BCUT2D eigenvalue weighted by molar-refractivity contribution is 7.99. The van der Waals surface area contributed by atoms with Crippen LogP contribution in [-0.2, 0) is 15.3 Å². The van der Waals surface area contributed by atoms with Gasteiger partial charge in [-0.25, -0.2) is 0 Å². The SMILES string of the molecule is O=C(CSCc1ccc(Cl)cc1Cl)N[C@H]1CC[C@@H](C(=O)O)C1. The first kappa shape index (κ1) is 17.4. The Hall–Kier alpha value is -0.910. The van der Waals surface area contributed by atoms with Crippen LogP contribution in [0.3, 0.4) is 0 Å². The van der Waals surface area contributed by atoms with Crippen molar-refractivity contribution < 1.29 is 14.7 Å². The molecule has 1 saturated carbocycles. The molecule has 1 aliphatic rings. The predicted octanol–water partition coefficient (Wildman–Crippen LogP) is 3.60. The highest BCUT2D eigenvalue weighted by Crippen LogP contribution is 2.26. The molecule has 0 radical (unpaired) electrons. The van der Waals surface area contributed by atoms with Gasteiger partial charge in [-0.2, -0.15) is 0 Å². The van der Waals surface area contributed by atoms with Crippen molar-refractivity contribution in [2.45, 2.75) is 31.1 Å². The second-order valence-corrected chi connectivity index (χ2v) is 7.17. The van der Waals surface area contributed by atoms with Crippen LogP contribution in [0.25, 0.3) is 0 Å². The van der Waals surface area contributed by atoms with E-state index in [1.54, 1.807) is 12.1 Å². The van der Waals surface area contributed by atoms with Crippen LogP contribution in [0, 0.1) is 5.92 Å². The maximum absolute atomic E-state index is 11.9. The summed E-state index contributed by atoms with van der Waals surface area (Å²) in [5.74, 6) is -0.209. The highest BCUT2D eigenvalue weighted by Gasteiger charge is 2.30. The third kappa shape index (κ3) is 5.07. The summed E-state index contributed by atoms with van der Waals surface area (Å²) in [7, 11) is 0. The second-order valence-electron chi connectivity index (χ2n) is 5.34. The number of aliphatic carboxylic acids is 1. The number of carbonyl (C=O) groups is 2. The van der Waals surface area contributed by atoms with E-state index in [1.807, 2.05) is 6.07 Å². The van der Waals surface area contributed by atoms with Crippen molar-refractivity contribution in [1.82, 2.24) is 5.32 Å². The number of hydrogen-bond acceptors (Lipinski definition) is 3. The number of rotatable bonds is 6. The van der Waals surface area contributed by atoms with Gasteiger partial charge in [-0.3, -0.25) is 9.59 Å². The fraction of sp³-hybridized carbons (Fsp3) is 0.467. The maximum atomic E-state index is 11.9. The predicted molar refractivity (Wildman–Crippen MR) is 89.5 cm³/mol. The van der Waals surface area contributed by atoms with Crippen LogP contribution in [0.15, 0.2) is 18.2 Å². The molecule has 0 bridgehead atoms. The lowest BCUT2D eigenvalue weighted by molar-refractivity contribution is -0.141. The summed E-state index contributed by atoms with van der Waals surface area (Å²) in [6.07, 6.45) is 1.89. The van der Waals surface area contributed by atoms with Crippen molar-refractivity contribution in [3.05, 3.63) is 33.8 Å². The van der Waals surface area contributed by atoms with E-state index >= 15 is 0 Å². The molecule has 7 heteroatoms. The van der Waals surface area contributed by atoms with E-state index in [1.165, 1.54) is 11.8 Å². The lowest BCUT2D eigenvalue weighted by Gasteiger charge is -2.12. The van der Waals surface area contributed by atoms with E-state index in [0.717, 1.165) is 12.0 Å². The summed E-state index contributed by atoms with van der Waals surface area (Å²) in [5, 5.41) is 13.0. The number of benzene rings is 1. The van der Waals surface area contributed by atoms with Crippen molar-refractivity contribution in [2.75, 3.05) is 5.75 Å². The van der Waals surface area contributed by atoms with Crippen molar-refractivity contribution in [3.8, 4) is 0 Å². The third-order valence-corrected chi connectivity index (χ3v) is 5.22. The van der Waals surface area contributed by atoms with Crippen molar-refractivity contribution in [1.29, 1.82) is 0 Å². The van der Waals surface area contributed by atoms with Crippen molar-refractivity contribution >= 4 is 46.8 Å². The van der Waals surface area contributed by atoms with Crippen LogP contribution in [0.1, 0.15) is 24.8 Å². The number of halogens is 2. The molecule has 1 aromatic rings. The number of hydrogen-bond donors (Lipinski definition) is 2. The first-order chi connectivity index (χ1) is 10.5. The lowest BCUT2D eigenvalue weighted by atomic mass is 10.1. The molecule has 2 N–H and O–H groups in total. The van der Waals surface area contributed by atoms with Gasteiger partial charge in [0.2, 0.25) is 5.91 Å². The zero-order valence-corrected chi connectivity index (χ0v) is 14.2. The third-order valence-electron chi connectivity index (χ3n) is 3.65. The Kier molecular flexibility index (Phi) is 6.41. The Labute approximate surface area is 143 Å². The molecule has 0 unspecified atom stereocenters. The van der Waals surface area contributed by atoms with Crippen LogP contribution in [-0.4, -0.2) is 28.8 Å². The van der Waals surface area contributed by atoms with E-state index < -0.39 is 5.97 Å². The Morgan fingerprint density at radius 1 is 1.32 bits per heavy atom. The summed E-state index contributed by atoms with van der Waals surface area (Å²) >= 11 is 13.4. The van der Waals surface area contributed by atoms with Gasteiger partial charge in [0.15, 0.2) is 0 Å². The van der Waals surface area contributed by atoms with Gasteiger partial charge in [0.25, 0.3) is 0 Å². The maximum Gasteiger partial charge on any atom is 0.306 e. The fourth-order valence-corrected chi connectivity index (χ4v) is 3.90. The average molecular weight is 362 g/mol. The minimum Gasteiger partial charge on any atom is -0.481 e. The molecule has 1 aliphatic carbocycles. The topological polar surface area (TPSA) is 66.4 Å². The van der Waals surface area contributed by atoms with Gasteiger partial charge >= 0.3 is 5.97 Å². The molecule has 2 atom stereocenters. The molecule has 4 nitrogen and oxygen atoms in total. The molecule has 1 fully saturated rings. The van der Waals surface area contributed by atoms with E-state index in [2.05, 4.69) is 5.32 Å². The Morgan fingerprint density at radius 2 is 2.09 bits per heavy atom. The van der Waals surface area contributed by atoms with E-state index in [9.17, 15) is 9.59 Å². The zero-order valence-electron chi connectivity index (χ0n) is 11.9. The van der Waals surface area contributed by atoms with Crippen LogP contribution < -0.4 is 5.32 Å². The minimum absolute atomic E-state index is 0.0201. The zero-order chi connectivity index (χ0) is 16.1. The molecule has 1 aromatic carbocycles. The Bertz CT molecular complexity index is 568. The first-order valence-electron chi connectivity index (χ1n) is 6.99. The van der Waals surface area contributed by atoms with Gasteiger partial charge in [-0.15, -0.1) is 11.8 Å². The molecule has 0 spiro atoms. The van der Waals surface area contributed by atoms with Gasteiger partial charge in [0, 0.05) is 21.8 Å². The van der Waals surface area contributed by atoms with Gasteiger partial charge < -0.3 is 10.4 Å². The van der Waals surface area contributed by atoms with Crippen LogP contribution >= 0.6 is 35.0 Å². The Balaban J connectivity index is 1.71. The molecular weight excluding hydrogens is 345 g/mol. The van der Waals surface area contributed by atoms with Crippen molar-refractivity contribution in [3.63, 3.8) is 0 Å². The summed E-state index contributed by atoms with van der Waals surface area (Å²) < 4.78 is 0. The van der Waals surface area contributed by atoms with E-state index in [-0.39, 0.29) is 17.9 Å². The number of carbonyl (C=O) groups excluding carboxylic acids is 1. The molecule has 2 rings (SSSR count). The molecule has 120 valence electrons. The molecule has 0 aliphatic heterocycles. The molecular formula is C15H17Cl2NO3S. The number of amides is 1. The summed E-state index contributed by atoms with van der Waals surface area (Å²) in [5.41, 5.74) is 0.940. The molecule has 0 saturated heterocycles. The second kappa shape index (κ2) is 8.09.